The second-order valence-electron chi connectivity index (χ2n) is 5.18. The van der Waals surface area contributed by atoms with Crippen LogP contribution in [0.2, 0.25) is 0 Å². The van der Waals surface area contributed by atoms with Crippen molar-refractivity contribution in [2.75, 3.05) is 38.3 Å². The molecule has 20 heavy (non-hydrogen) atoms. The van der Waals surface area contributed by atoms with Crippen LogP contribution in [0.25, 0.3) is 0 Å². The molecule has 2 heterocycles. The molecule has 1 aromatic heterocycles. The molecule has 6 nitrogen and oxygen atoms in total. The number of carbonyl (C=O) groups excluding carboxylic acids is 1. The van der Waals surface area contributed by atoms with E-state index in [0.717, 1.165) is 19.5 Å². The van der Waals surface area contributed by atoms with E-state index in [1.165, 1.54) is 6.42 Å². The van der Waals surface area contributed by atoms with E-state index in [-0.39, 0.29) is 5.91 Å². The molecule has 0 radical (unpaired) electrons. The van der Waals surface area contributed by atoms with Crippen molar-refractivity contribution in [1.82, 2.24) is 15.3 Å². The lowest BCUT2D eigenvalue weighted by Crippen LogP contribution is -2.36. The number of nitrogens with one attached hydrogen (secondary N) is 1. The number of amides is 1. The van der Waals surface area contributed by atoms with Gasteiger partial charge in [0.1, 0.15) is 5.69 Å². The summed E-state index contributed by atoms with van der Waals surface area (Å²) in [5.41, 5.74) is 0.407. The van der Waals surface area contributed by atoms with Gasteiger partial charge in [0.2, 0.25) is 5.95 Å². The highest BCUT2D eigenvalue weighted by molar-refractivity contribution is 5.92. The fourth-order valence-corrected chi connectivity index (χ4v) is 2.36. The summed E-state index contributed by atoms with van der Waals surface area (Å²) >= 11 is 0. The van der Waals surface area contributed by atoms with E-state index >= 15 is 0 Å². The van der Waals surface area contributed by atoms with Crippen LogP contribution in [0.15, 0.2) is 12.3 Å². The third-order valence-corrected chi connectivity index (χ3v) is 3.41. The average Bonchev–Trinajstić information content (AvgIpc) is 2.47. The fourth-order valence-electron chi connectivity index (χ4n) is 2.36. The highest BCUT2D eigenvalue weighted by Gasteiger charge is 2.19. The maximum absolute atomic E-state index is 11.9. The smallest absolute Gasteiger partial charge is 0.270 e. The van der Waals surface area contributed by atoms with E-state index in [4.69, 9.17) is 4.74 Å². The molecule has 1 aliphatic heterocycles. The standard InChI is InChI=1S/C14H22N4O2/c1-11-4-3-8-18(10-11)14-16-6-5-12(17-14)13(19)15-7-9-20-2/h5-6,11H,3-4,7-10H2,1-2H3,(H,15,19). The van der Waals surface area contributed by atoms with Gasteiger partial charge in [0.25, 0.3) is 5.91 Å². The van der Waals surface area contributed by atoms with Crippen LogP contribution in [0, 0.1) is 5.92 Å². The van der Waals surface area contributed by atoms with Gasteiger partial charge in [0.15, 0.2) is 0 Å². The Morgan fingerprint density at radius 2 is 2.45 bits per heavy atom. The van der Waals surface area contributed by atoms with Crippen LogP contribution in [0.3, 0.4) is 0 Å². The monoisotopic (exact) mass is 278 g/mol. The van der Waals surface area contributed by atoms with Crippen LogP contribution >= 0.6 is 0 Å². The van der Waals surface area contributed by atoms with Crippen molar-refractivity contribution in [3.63, 3.8) is 0 Å². The summed E-state index contributed by atoms with van der Waals surface area (Å²) in [5, 5.41) is 2.77. The lowest BCUT2D eigenvalue weighted by molar-refractivity contribution is 0.0932. The Morgan fingerprint density at radius 3 is 3.20 bits per heavy atom. The van der Waals surface area contributed by atoms with Crippen LogP contribution in [0.5, 0.6) is 0 Å². The highest BCUT2D eigenvalue weighted by atomic mass is 16.5. The normalized spacial score (nSPS) is 18.9. The molecule has 1 unspecified atom stereocenters. The molecule has 110 valence electrons. The minimum Gasteiger partial charge on any atom is -0.383 e. The number of anilines is 1. The van der Waals surface area contributed by atoms with Crippen molar-refractivity contribution in [2.24, 2.45) is 5.92 Å². The molecular formula is C14H22N4O2. The van der Waals surface area contributed by atoms with Crippen molar-refractivity contribution in [1.29, 1.82) is 0 Å². The first kappa shape index (κ1) is 14.7. The van der Waals surface area contributed by atoms with E-state index in [9.17, 15) is 4.79 Å². The minimum absolute atomic E-state index is 0.184. The van der Waals surface area contributed by atoms with Crippen molar-refractivity contribution >= 4 is 11.9 Å². The van der Waals surface area contributed by atoms with Crippen molar-refractivity contribution in [3.8, 4) is 0 Å². The van der Waals surface area contributed by atoms with Gasteiger partial charge in [-0.1, -0.05) is 6.92 Å². The molecule has 1 saturated heterocycles. The van der Waals surface area contributed by atoms with Crippen molar-refractivity contribution in [2.45, 2.75) is 19.8 Å². The molecule has 0 spiro atoms. The molecule has 0 aliphatic carbocycles. The number of hydrogen-bond donors (Lipinski definition) is 1. The molecule has 0 bridgehead atoms. The molecule has 1 amide bonds. The minimum atomic E-state index is -0.184. The van der Waals surface area contributed by atoms with Gasteiger partial charge in [-0.3, -0.25) is 4.79 Å². The van der Waals surface area contributed by atoms with Gasteiger partial charge in [0.05, 0.1) is 6.61 Å². The molecule has 1 fully saturated rings. The van der Waals surface area contributed by atoms with Gasteiger partial charge in [0, 0.05) is 32.9 Å². The molecule has 2 rings (SSSR count). The quantitative estimate of drug-likeness (QED) is 0.817. The van der Waals surface area contributed by atoms with Crippen molar-refractivity contribution in [3.05, 3.63) is 18.0 Å². The Morgan fingerprint density at radius 1 is 1.60 bits per heavy atom. The molecule has 1 atom stereocenters. The van der Waals surface area contributed by atoms with Gasteiger partial charge < -0.3 is 15.0 Å². The van der Waals surface area contributed by atoms with E-state index in [0.29, 0.717) is 30.7 Å². The van der Waals surface area contributed by atoms with Crippen LogP contribution in [-0.4, -0.2) is 49.2 Å². The maximum atomic E-state index is 11.9. The van der Waals surface area contributed by atoms with Crippen LogP contribution in [0.1, 0.15) is 30.3 Å². The molecule has 1 aliphatic rings. The number of rotatable bonds is 5. The van der Waals surface area contributed by atoms with E-state index in [1.807, 2.05) is 0 Å². The zero-order valence-electron chi connectivity index (χ0n) is 12.1. The first-order chi connectivity index (χ1) is 9.70. The molecule has 1 aromatic rings. The van der Waals surface area contributed by atoms with Gasteiger partial charge in [-0.2, -0.15) is 0 Å². The number of nitrogens with zero attached hydrogens (tertiary/aromatic N) is 3. The second kappa shape index (κ2) is 7.19. The Balaban J connectivity index is 2.01. The number of carbonyl (C=O) groups is 1. The summed E-state index contributed by atoms with van der Waals surface area (Å²) < 4.78 is 4.90. The third kappa shape index (κ3) is 3.90. The molecule has 6 heteroatoms. The summed E-state index contributed by atoms with van der Waals surface area (Å²) in [5.74, 6) is 1.11. The Labute approximate surface area is 119 Å². The van der Waals surface area contributed by atoms with E-state index in [2.05, 4.69) is 27.1 Å². The third-order valence-electron chi connectivity index (χ3n) is 3.41. The van der Waals surface area contributed by atoms with Gasteiger partial charge in [-0.05, 0) is 24.8 Å². The number of ether oxygens (including phenoxy) is 1. The van der Waals surface area contributed by atoms with Crippen LogP contribution in [0.4, 0.5) is 5.95 Å². The molecular weight excluding hydrogens is 256 g/mol. The largest absolute Gasteiger partial charge is 0.383 e. The molecule has 0 saturated carbocycles. The molecule has 1 N–H and O–H groups in total. The summed E-state index contributed by atoms with van der Waals surface area (Å²) in [6, 6.07) is 1.64. The molecule has 0 aromatic carbocycles. The topological polar surface area (TPSA) is 67.3 Å². The summed E-state index contributed by atoms with van der Waals surface area (Å²) in [6.07, 6.45) is 4.04. The first-order valence-electron chi connectivity index (χ1n) is 7.06. The summed E-state index contributed by atoms with van der Waals surface area (Å²) in [7, 11) is 1.60. The SMILES string of the molecule is COCCNC(=O)c1ccnc(N2CCCC(C)C2)n1. The number of methoxy groups -OCH3 is 1. The summed E-state index contributed by atoms with van der Waals surface area (Å²) in [4.78, 5) is 22.8. The highest BCUT2D eigenvalue weighted by Crippen LogP contribution is 2.19. The zero-order valence-corrected chi connectivity index (χ0v) is 12.1. The summed E-state index contributed by atoms with van der Waals surface area (Å²) in [6.45, 7) is 5.12. The predicted octanol–water partition coefficient (Wildman–Crippen LogP) is 1.09. The van der Waals surface area contributed by atoms with Crippen LogP contribution < -0.4 is 10.2 Å². The zero-order chi connectivity index (χ0) is 14.4. The van der Waals surface area contributed by atoms with E-state index < -0.39 is 0 Å². The first-order valence-corrected chi connectivity index (χ1v) is 7.06. The Hall–Kier alpha value is -1.69. The lowest BCUT2D eigenvalue weighted by Gasteiger charge is -2.30. The predicted molar refractivity (Wildman–Crippen MR) is 76.9 cm³/mol. The van der Waals surface area contributed by atoms with Gasteiger partial charge in [-0.15, -0.1) is 0 Å². The fraction of sp³-hybridized carbons (Fsp3) is 0.643. The van der Waals surface area contributed by atoms with Crippen LogP contribution in [-0.2, 0) is 4.74 Å². The van der Waals surface area contributed by atoms with E-state index in [1.54, 1.807) is 19.4 Å². The van der Waals surface area contributed by atoms with Crippen molar-refractivity contribution < 1.29 is 9.53 Å². The second-order valence-corrected chi connectivity index (χ2v) is 5.18. The lowest BCUT2D eigenvalue weighted by atomic mass is 10.0. The van der Waals surface area contributed by atoms with Gasteiger partial charge in [-0.25, -0.2) is 9.97 Å². The Bertz CT molecular complexity index is 453. The average molecular weight is 278 g/mol. The maximum Gasteiger partial charge on any atom is 0.270 e. The van der Waals surface area contributed by atoms with Gasteiger partial charge >= 0.3 is 0 Å². The number of aromatic nitrogens is 2. The number of hydrogen-bond acceptors (Lipinski definition) is 5. The Kier molecular flexibility index (Phi) is 5.29. The number of piperidine rings is 1.